The van der Waals surface area contributed by atoms with Crippen molar-refractivity contribution in [3.63, 3.8) is 0 Å². The Labute approximate surface area is 230 Å². The number of esters is 2. The minimum atomic E-state index is -0.586. The van der Waals surface area contributed by atoms with Gasteiger partial charge in [-0.1, -0.05) is 57.4 Å². The van der Waals surface area contributed by atoms with Crippen LogP contribution in [-0.4, -0.2) is 24.4 Å². The molecule has 3 aromatic carbocycles. The highest BCUT2D eigenvalue weighted by molar-refractivity contribution is 9.10. The van der Waals surface area contributed by atoms with E-state index in [2.05, 4.69) is 20.9 Å². The van der Waals surface area contributed by atoms with Gasteiger partial charge < -0.3 is 14.2 Å². The summed E-state index contributed by atoms with van der Waals surface area (Å²) in [5, 5.41) is 1.34. The zero-order valence-corrected chi connectivity index (χ0v) is 22.9. The first-order valence-electron chi connectivity index (χ1n) is 11.3. The van der Waals surface area contributed by atoms with Gasteiger partial charge in [0.25, 0.3) is 0 Å². The van der Waals surface area contributed by atoms with Crippen LogP contribution in [0.2, 0.25) is 5.02 Å². The number of hydrogen-bond acceptors (Lipinski definition) is 7. The van der Waals surface area contributed by atoms with Crippen LogP contribution in [-0.2, 0) is 9.53 Å². The van der Waals surface area contributed by atoms with E-state index in [9.17, 15) is 9.59 Å². The number of aryl methyl sites for hydroxylation is 1. The predicted octanol–water partition coefficient (Wildman–Crippen LogP) is 7.59. The molecule has 1 aliphatic heterocycles. The molecule has 1 aromatic heterocycles. The third-order valence-corrected chi connectivity index (χ3v) is 7.57. The minimum Gasteiger partial charge on any atom is -0.490 e. The van der Waals surface area contributed by atoms with Crippen LogP contribution in [0.5, 0.6) is 11.5 Å². The van der Waals surface area contributed by atoms with Gasteiger partial charge in [-0.25, -0.2) is 14.6 Å². The summed E-state index contributed by atoms with van der Waals surface area (Å²) in [6.07, 6.45) is 1.59. The second-order valence-electron chi connectivity index (χ2n) is 8.12. The molecule has 0 aliphatic carbocycles. The summed E-state index contributed by atoms with van der Waals surface area (Å²) in [5.41, 5.74) is 2.14. The van der Waals surface area contributed by atoms with Gasteiger partial charge in [0.1, 0.15) is 4.88 Å². The average Bonchev–Trinajstić information content (AvgIpc) is 3.39. The number of rotatable bonds is 6. The van der Waals surface area contributed by atoms with Crippen LogP contribution in [0.1, 0.15) is 33.3 Å². The fourth-order valence-corrected chi connectivity index (χ4v) is 5.73. The molecule has 0 saturated heterocycles. The predicted molar refractivity (Wildman–Crippen MR) is 149 cm³/mol. The second kappa shape index (κ2) is 10.5. The van der Waals surface area contributed by atoms with Crippen LogP contribution in [0.15, 0.2) is 75.8 Å². The van der Waals surface area contributed by atoms with Gasteiger partial charge in [0.2, 0.25) is 5.90 Å². The number of carbonyl (C=O) groups excluding carboxylic acids is 2. The van der Waals surface area contributed by atoms with Crippen LogP contribution >= 0.6 is 38.9 Å². The molecule has 9 heteroatoms. The molecule has 0 unspecified atom stereocenters. The first-order valence-corrected chi connectivity index (χ1v) is 13.3. The fourth-order valence-electron chi connectivity index (χ4n) is 3.74. The van der Waals surface area contributed by atoms with Crippen molar-refractivity contribution in [1.82, 2.24) is 0 Å². The minimum absolute atomic E-state index is 0.122. The maximum Gasteiger partial charge on any atom is 0.363 e. The zero-order valence-electron chi connectivity index (χ0n) is 19.7. The largest absolute Gasteiger partial charge is 0.490 e. The maximum absolute atomic E-state index is 12.6. The van der Waals surface area contributed by atoms with E-state index in [0.717, 1.165) is 20.1 Å². The van der Waals surface area contributed by atoms with Crippen molar-refractivity contribution in [2.75, 3.05) is 6.61 Å². The highest BCUT2D eigenvalue weighted by Gasteiger charge is 2.28. The highest BCUT2D eigenvalue weighted by atomic mass is 79.9. The average molecular weight is 597 g/mol. The van der Waals surface area contributed by atoms with E-state index in [0.29, 0.717) is 33.4 Å². The molecule has 0 fully saturated rings. The van der Waals surface area contributed by atoms with E-state index >= 15 is 0 Å². The molecule has 6 nitrogen and oxygen atoms in total. The van der Waals surface area contributed by atoms with Crippen molar-refractivity contribution in [3.8, 4) is 11.5 Å². The number of ether oxygens (including phenoxy) is 3. The smallest absolute Gasteiger partial charge is 0.363 e. The molecule has 0 amide bonds. The Kier molecular flexibility index (Phi) is 7.15. The monoisotopic (exact) mass is 595 g/mol. The summed E-state index contributed by atoms with van der Waals surface area (Å²) in [4.78, 5) is 30.2. The Morgan fingerprint density at radius 3 is 2.76 bits per heavy atom. The summed E-state index contributed by atoms with van der Waals surface area (Å²) in [7, 11) is 0. The lowest BCUT2D eigenvalue weighted by molar-refractivity contribution is -0.129. The Bertz CT molecular complexity index is 1620. The molecule has 5 rings (SSSR count). The normalized spacial score (nSPS) is 14.1. The van der Waals surface area contributed by atoms with Crippen molar-refractivity contribution in [3.05, 3.63) is 97.4 Å². The van der Waals surface area contributed by atoms with Crippen molar-refractivity contribution in [2.24, 2.45) is 4.99 Å². The van der Waals surface area contributed by atoms with E-state index in [1.165, 1.54) is 11.3 Å². The van der Waals surface area contributed by atoms with Gasteiger partial charge in [0, 0.05) is 14.6 Å². The Morgan fingerprint density at radius 1 is 1.14 bits per heavy atom. The first-order chi connectivity index (χ1) is 17.8. The summed E-state index contributed by atoms with van der Waals surface area (Å²) in [6.45, 7) is 4.09. The number of carbonyl (C=O) groups is 2. The lowest BCUT2D eigenvalue weighted by atomic mass is 10.1. The van der Waals surface area contributed by atoms with E-state index < -0.39 is 11.9 Å². The molecule has 1 aliphatic rings. The standard InChI is InChI=1S/C28H19BrClNO5S/c1-3-34-22-13-16(7-10-21(22)35-27(32)17-6-4-5-15(2)11-17)12-20-28(33)36-26(31-20)25-24(30)19-9-8-18(29)14-23(19)37-25/h4-14H,3H2,1-2H3/b20-12+. The Morgan fingerprint density at radius 2 is 1.97 bits per heavy atom. The molecular formula is C28H19BrClNO5S. The van der Waals surface area contributed by atoms with Gasteiger partial charge >= 0.3 is 11.9 Å². The maximum atomic E-state index is 12.6. The topological polar surface area (TPSA) is 74.2 Å². The lowest BCUT2D eigenvalue weighted by Gasteiger charge is -2.11. The number of fused-ring (bicyclic) bond motifs is 1. The molecular weight excluding hydrogens is 578 g/mol. The number of halogens is 2. The quantitative estimate of drug-likeness (QED) is 0.130. The summed E-state index contributed by atoms with van der Waals surface area (Å²) < 4.78 is 18.6. The van der Waals surface area contributed by atoms with Crippen LogP contribution in [0.25, 0.3) is 16.2 Å². The fraction of sp³-hybridized carbons (Fsp3) is 0.107. The van der Waals surface area contributed by atoms with Crippen LogP contribution in [0.3, 0.4) is 0 Å². The summed E-state index contributed by atoms with van der Waals surface area (Å²) in [5.74, 6) is -0.273. The van der Waals surface area contributed by atoms with Gasteiger partial charge in [-0.2, -0.15) is 0 Å². The number of cyclic esters (lactones) is 1. The van der Waals surface area contributed by atoms with E-state index in [-0.39, 0.29) is 17.3 Å². The van der Waals surface area contributed by atoms with Crippen molar-refractivity contribution < 1.29 is 23.8 Å². The first kappa shape index (κ1) is 25.2. The molecule has 0 bridgehead atoms. The summed E-state index contributed by atoms with van der Waals surface area (Å²) in [6, 6.07) is 17.9. The molecule has 0 spiro atoms. The third kappa shape index (κ3) is 5.32. The second-order valence-corrected chi connectivity index (χ2v) is 10.5. The molecule has 0 atom stereocenters. The van der Waals surface area contributed by atoms with Crippen LogP contribution in [0, 0.1) is 6.92 Å². The van der Waals surface area contributed by atoms with Crippen LogP contribution < -0.4 is 9.47 Å². The Hall–Kier alpha value is -3.46. The van der Waals surface area contributed by atoms with Crippen molar-refractivity contribution in [1.29, 1.82) is 0 Å². The van der Waals surface area contributed by atoms with E-state index in [4.69, 9.17) is 25.8 Å². The molecule has 4 aromatic rings. The van der Waals surface area contributed by atoms with Gasteiger partial charge in [-0.3, -0.25) is 0 Å². The molecule has 0 radical (unpaired) electrons. The van der Waals surface area contributed by atoms with Crippen LogP contribution in [0.4, 0.5) is 0 Å². The lowest BCUT2D eigenvalue weighted by Crippen LogP contribution is -2.10. The summed E-state index contributed by atoms with van der Waals surface area (Å²) >= 11 is 11.4. The van der Waals surface area contributed by atoms with Gasteiger partial charge in [0.05, 0.1) is 17.2 Å². The number of benzene rings is 3. The third-order valence-electron chi connectivity index (χ3n) is 5.43. The molecule has 2 heterocycles. The number of nitrogens with zero attached hydrogens (tertiary/aromatic N) is 1. The molecule has 0 N–H and O–H groups in total. The number of aliphatic imine (C=N–C) groups is 1. The van der Waals surface area contributed by atoms with Crippen molar-refractivity contribution >= 4 is 72.9 Å². The Balaban J connectivity index is 1.43. The SMILES string of the molecule is CCOc1cc(/C=C2/N=C(c3sc4cc(Br)ccc4c3Cl)OC2=O)ccc1OC(=O)c1cccc(C)c1. The van der Waals surface area contributed by atoms with Gasteiger partial charge in [0.15, 0.2) is 17.2 Å². The molecule has 0 saturated carbocycles. The molecule has 37 heavy (non-hydrogen) atoms. The van der Waals surface area contributed by atoms with Gasteiger partial charge in [-0.05, 0) is 61.9 Å². The van der Waals surface area contributed by atoms with Gasteiger partial charge in [-0.15, -0.1) is 11.3 Å². The molecule has 186 valence electrons. The number of hydrogen-bond donors (Lipinski definition) is 0. The van der Waals surface area contributed by atoms with Crippen molar-refractivity contribution in [2.45, 2.75) is 13.8 Å². The zero-order chi connectivity index (χ0) is 26.1. The number of thiophene rings is 1. The highest BCUT2D eigenvalue weighted by Crippen LogP contribution is 2.39. The van der Waals surface area contributed by atoms with E-state index in [1.54, 1.807) is 42.5 Å². The van der Waals surface area contributed by atoms with E-state index in [1.807, 2.05) is 38.1 Å².